The van der Waals surface area contributed by atoms with E-state index in [1.807, 2.05) is 60.8 Å². The third-order valence-corrected chi connectivity index (χ3v) is 10.5. The first-order chi connectivity index (χ1) is 28.2. The molecule has 0 spiro atoms. The number of hydrogen-bond donors (Lipinski definition) is 6. The van der Waals surface area contributed by atoms with Gasteiger partial charge in [-0.1, -0.05) is 0 Å². The molecule has 298 valence electrons. The average Bonchev–Trinajstić information content (AvgIpc) is 4.07. The molecule has 0 saturated carbocycles. The van der Waals surface area contributed by atoms with E-state index in [1.54, 1.807) is 41.3 Å². The van der Waals surface area contributed by atoms with E-state index in [-0.39, 0.29) is 22.5 Å². The van der Waals surface area contributed by atoms with Gasteiger partial charge in [-0.3, -0.25) is 0 Å². The van der Waals surface area contributed by atoms with Gasteiger partial charge in [-0.05, 0) is 78.3 Å². The van der Waals surface area contributed by atoms with Gasteiger partial charge in [0, 0.05) is 54.5 Å². The van der Waals surface area contributed by atoms with Crippen LogP contribution in [0.1, 0.15) is 32.4 Å². The maximum absolute atomic E-state index is 9.14. The number of nitrogens with one attached hydrogen (secondary N) is 5. The predicted molar refractivity (Wildman–Crippen MR) is 230 cm³/mol. The zero-order valence-electron chi connectivity index (χ0n) is 31.1. The maximum Gasteiger partial charge on any atom is 0.226 e. The minimum atomic E-state index is 0.0483. The second kappa shape index (κ2) is 18.8. The lowest BCUT2D eigenvalue weighted by molar-refractivity contribution is 0.278. The first-order valence-electron chi connectivity index (χ1n) is 17.6. The average molecular weight is 878 g/mol. The van der Waals surface area contributed by atoms with Crippen LogP contribution < -0.4 is 16.0 Å². The molecule has 0 bridgehead atoms. The van der Waals surface area contributed by atoms with Crippen molar-refractivity contribution in [3.05, 3.63) is 109 Å². The highest BCUT2D eigenvalue weighted by atomic mass is 35.5. The Morgan fingerprint density at radius 1 is 0.655 bits per heavy atom. The highest BCUT2D eigenvalue weighted by Crippen LogP contribution is 2.29. The largest absolute Gasteiger partial charge is 0.395 e. The molecule has 0 aliphatic heterocycles. The quantitative estimate of drug-likeness (QED) is 0.0684. The first kappa shape index (κ1) is 40.6. The molecule has 9 heterocycles. The summed E-state index contributed by atoms with van der Waals surface area (Å²) in [5.74, 6) is 2.13. The van der Waals surface area contributed by atoms with Gasteiger partial charge in [-0.15, -0.1) is 22.7 Å². The number of aliphatic hydroxyl groups excluding tert-OH is 1. The van der Waals surface area contributed by atoms with Gasteiger partial charge in [0.15, 0.2) is 0 Å². The number of hydrogen-bond acceptors (Lipinski definition) is 16. The van der Waals surface area contributed by atoms with Crippen molar-refractivity contribution in [3.63, 3.8) is 0 Å². The van der Waals surface area contributed by atoms with Crippen LogP contribution in [0.4, 0.5) is 17.5 Å². The standard InChI is InChI=1S/C13H14ClN5OS.C12H11ClN6.C11H10ClN5S/c1-8-7-19(3-4-20)12-10(8)11(17-13(14)18-12)16-6-9-15-2-5-21-9;1-7-4-15-10-9(7)11(19-12(13)18-10)16-5-8-2-3-14-6-17-8;1-6-4-14-9-8(6)10(17-11(12)16-9)15-5-7-13-2-3-18-7/h2,5,7,20H,3-4,6H2,1H3,(H,16,17,18);2-4,6H,5H2,1H3,(H2,15,16,18,19);2-4H,5H2,1H3,(H2,14,15,16,17). The second-order valence-corrected chi connectivity index (χ2v) is 15.4. The van der Waals surface area contributed by atoms with E-state index in [0.717, 1.165) is 71.3 Å². The van der Waals surface area contributed by atoms with Crippen molar-refractivity contribution in [2.24, 2.45) is 0 Å². The topological polar surface area (TPSA) is 222 Å². The Balaban J connectivity index is 0.000000133. The van der Waals surface area contributed by atoms with Crippen LogP contribution in [0.25, 0.3) is 33.1 Å². The van der Waals surface area contributed by atoms with Crippen molar-refractivity contribution in [1.82, 2.24) is 64.4 Å². The fraction of sp³-hybridized carbons (Fsp3) is 0.222. The molecule has 0 aliphatic carbocycles. The summed E-state index contributed by atoms with van der Waals surface area (Å²) in [5, 5.41) is 28.2. The number of H-pyrrole nitrogens is 2. The van der Waals surface area contributed by atoms with Gasteiger partial charge in [0.25, 0.3) is 0 Å². The molecule has 0 fully saturated rings. The van der Waals surface area contributed by atoms with E-state index in [9.17, 15) is 0 Å². The van der Waals surface area contributed by atoms with Crippen molar-refractivity contribution < 1.29 is 5.11 Å². The lowest BCUT2D eigenvalue weighted by Gasteiger charge is -2.07. The summed E-state index contributed by atoms with van der Waals surface area (Å²) in [5.41, 5.74) is 6.27. The monoisotopic (exact) mass is 876 g/mol. The van der Waals surface area contributed by atoms with Gasteiger partial charge >= 0.3 is 0 Å². The molecule has 9 rings (SSSR count). The smallest absolute Gasteiger partial charge is 0.226 e. The van der Waals surface area contributed by atoms with Crippen molar-refractivity contribution in [2.75, 3.05) is 22.6 Å². The van der Waals surface area contributed by atoms with Crippen LogP contribution in [-0.2, 0) is 26.2 Å². The molecule has 0 unspecified atom stereocenters. The molecular formula is C36H35Cl3N16OS2. The van der Waals surface area contributed by atoms with Crippen molar-refractivity contribution in [1.29, 1.82) is 0 Å². The van der Waals surface area contributed by atoms with Crippen LogP contribution in [0.5, 0.6) is 0 Å². The third kappa shape index (κ3) is 9.75. The number of aromatic nitrogens is 13. The van der Waals surface area contributed by atoms with E-state index in [1.165, 1.54) is 6.33 Å². The van der Waals surface area contributed by atoms with Crippen LogP contribution in [0.2, 0.25) is 15.9 Å². The Morgan fingerprint density at radius 3 is 1.69 bits per heavy atom. The van der Waals surface area contributed by atoms with E-state index >= 15 is 0 Å². The van der Waals surface area contributed by atoms with Gasteiger partial charge in [-0.2, -0.15) is 15.0 Å². The number of nitrogens with zero attached hydrogens (tertiary/aromatic N) is 11. The molecule has 9 aromatic heterocycles. The Bertz CT molecular complexity index is 2740. The number of aryl methyl sites for hydroxylation is 3. The minimum Gasteiger partial charge on any atom is -0.395 e. The summed E-state index contributed by atoms with van der Waals surface area (Å²) in [6.45, 7) is 8.28. The second-order valence-electron chi connectivity index (χ2n) is 12.5. The fourth-order valence-corrected chi connectivity index (χ4v) is 7.55. The number of thiazole rings is 2. The summed E-state index contributed by atoms with van der Waals surface area (Å²) >= 11 is 21.0. The van der Waals surface area contributed by atoms with Crippen LogP contribution >= 0.6 is 57.5 Å². The molecule has 0 atom stereocenters. The molecule has 17 nitrogen and oxygen atoms in total. The van der Waals surface area contributed by atoms with Crippen LogP contribution in [0.3, 0.4) is 0 Å². The normalized spacial score (nSPS) is 11.0. The molecule has 22 heteroatoms. The van der Waals surface area contributed by atoms with Gasteiger partial charge < -0.3 is 35.6 Å². The molecule has 6 N–H and O–H groups in total. The summed E-state index contributed by atoms with van der Waals surface area (Å²) in [6.07, 6.45) is 12.5. The number of halogens is 3. The Kier molecular flexibility index (Phi) is 13.2. The maximum atomic E-state index is 9.14. The van der Waals surface area contributed by atoms with E-state index in [0.29, 0.717) is 37.8 Å². The van der Waals surface area contributed by atoms with Gasteiger partial charge in [0.1, 0.15) is 50.7 Å². The first-order valence-corrected chi connectivity index (χ1v) is 20.5. The Labute approximate surface area is 353 Å². The summed E-state index contributed by atoms with van der Waals surface area (Å²) < 4.78 is 1.88. The van der Waals surface area contributed by atoms with Crippen molar-refractivity contribution in [3.8, 4) is 0 Å². The Morgan fingerprint density at radius 2 is 1.19 bits per heavy atom. The molecule has 0 saturated heterocycles. The Hall–Kier alpha value is -5.57. The lowest BCUT2D eigenvalue weighted by atomic mass is 10.2. The number of aromatic amines is 2. The van der Waals surface area contributed by atoms with Crippen LogP contribution in [-0.4, -0.2) is 76.1 Å². The molecule has 0 aliphatic rings. The van der Waals surface area contributed by atoms with E-state index in [2.05, 4.69) is 75.8 Å². The fourth-order valence-electron chi connectivity index (χ4n) is 5.93. The van der Waals surface area contributed by atoms with Crippen molar-refractivity contribution in [2.45, 2.75) is 47.0 Å². The summed E-state index contributed by atoms with van der Waals surface area (Å²) in [4.78, 5) is 47.9. The molecule has 0 amide bonds. The van der Waals surface area contributed by atoms with Crippen molar-refractivity contribution >= 4 is 108 Å². The number of anilines is 3. The van der Waals surface area contributed by atoms with Gasteiger partial charge in [-0.25, -0.2) is 34.9 Å². The lowest BCUT2D eigenvalue weighted by Crippen LogP contribution is -2.05. The molecule has 0 aromatic carbocycles. The highest BCUT2D eigenvalue weighted by Gasteiger charge is 2.15. The highest BCUT2D eigenvalue weighted by molar-refractivity contribution is 7.09. The van der Waals surface area contributed by atoms with Crippen LogP contribution in [0.15, 0.2) is 60.3 Å². The SMILES string of the molecule is Cc1c[nH]c2nc(Cl)nc(NCc3ccncn3)c12.Cc1c[nH]c2nc(Cl)nc(NCc3nccs3)c12.Cc1cn(CCO)c2nc(Cl)nc(NCc3nccs3)c12. The third-order valence-electron chi connectivity index (χ3n) is 8.48. The number of aliphatic hydroxyl groups is 1. The van der Waals surface area contributed by atoms with E-state index < -0.39 is 0 Å². The summed E-state index contributed by atoms with van der Waals surface area (Å²) in [7, 11) is 0. The molecular weight excluding hydrogens is 843 g/mol. The minimum absolute atomic E-state index is 0.0483. The predicted octanol–water partition coefficient (Wildman–Crippen LogP) is 7.76. The zero-order chi connectivity index (χ0) is 40.6. The van der Waals surface area contributed by atoms with Crippen LogP contribution in [0, 0.1) is 20.8 Å². The molecule has 9 aromatic rings. The number of fused-ring (bicyclic) bond motifs is 3. The molecule has 58 heavy (non-hydrogen) atoms. The molecule has 0 radical (unpaired) electrons. The number of rotatable bonds is 11. The van der Waals surface area contributed by atoms with E-state index in [4.69, 9.17) is 39.9 Å². The summed E-state index contributed by atoms with van der Waals surface area (Å²) in [6, 6.07) is 1.84. The zero-order valence-corrected chi connectivity index (χ0v) is 35.0. The van der Waals surface area contributed by atoms with Gasteiger partial charge in [0.05, 0.1) is 48.1 Å². The van der Waals surface area contributed by atoms with Gasteiger partial charge in [0.2, 0.25) is 15.9 Å².